The zero-order valence-electron chi connectivity index (χ0n) is 13.7. The van der Waals surface area contributed by atoms with Gasteiger partial charge in [0.15, 0.2) is 5.78 Å². The minimum Gasteiger partial charge on any atom is -0.506 e. The number of hydrogen-bond acceptors (Lipinski definition) is 3. The van der Waals surface area contributed by atoms with Gasteiger partial charge >= 0.3 is 0 Å². The zero-order valence-corrected chi connectivity index (χ0v) is 18.3. The van der Waals surface area contributed by atoms with Crippen molar-refractivity contribution >= 4 is 66.9 Å². The number of hydrogen-bond donors (Lipinski definition) is 1. The van der Waals surface area contributed by atoms with E-state index in [0.717, 1.165) is 8.95 Å². The fourth-order valence-corrected chi connectivity index (χ4v) is 4.10. The molecule has 136 valence electrons. The quantitative estimate of drug-likeness (QED) is 0.251. The molecule has 0 aliphatic rings. The molecule has 2 aromatic carbocycles. The van der Waals surface area contributed by atoms with Crippen LogP contribution in [0.15, 0.2) is 51.4 Å². The van der Waals surface area contributed by atoms with Crippen LogP contribution in [0.3, 0.4) is 0 Å². The Kier molecular flexibility index (Phi) is 7.35. The van der Waals surface area contributed by atoms with Crippen LogP contribution in [0.2, 0.25) is 10.0 Å². The van der Waals surface area contributed by atoms with E-state index < -0.39 is 5.78 Å². The molecular formula is C19H14Br2Cl2O3. The van der Waals surface area contributed by atoms with Crippen LogP contribution in [-0.2, 0) is 0 Å². The zero-order chi connectivity index (χ0) is 19.4. The number of allylic oxidation sites excluding steroid dienone is 1. The van der Waals surface area contributed by atoms with Gasteiger partial charge in [-0.15, -0.1) is 0 Å². The minimum absolute atomic E-state index is 0.0221. The first-order valence-electron chi connectivity index (χ1n) is 7.38. The molecule has 2 aromatic rings. The first kappa shape index (κ1) is 21.0. The molecule has 0 heterocycles. The monoisotopic (exact) mass is 518 g/mol. The Hall–Kier alpha value is -1.27. The predicted molar refractivity (Wildman–Crippen MR) is 114 cm³/mol. The number of ether oxygens (including phenoxy) is 1. The molecule has 2 rings (SSSR count). The summed E-state index contributed by atoms with van der Waals surface area (Å²) in [5.41, 5.74) is 1.11. The van der Waals surface area contributed by atoms with Gasteiger partial charge in [-0.05, 0) is 58.8 Å². The van der Waals surface area contributed by atoms with Crippen LogP contribution in [0.5, 0.6) is 11.5 Å². The topological polar surface area (TPSA) is 46.5 Å². The number of carbonyl (C=O) groups excluding carboxylic acids is 1. The number of rotatable bonds is 6. The van der Waals surface area contributed by atoms with E-state index in [1.807, 2.05) is 12.1 Å². The van der Waals surface area contributed by atoms with Crippen molar-refractivity contribution in [1.82, 2.24) is 0 Å². The van der Waals surface area contributed by atoms with Crippen molar-refractivity contribution < 1.29 is 14.6 Å². The van der Waals surface area contributed by atoms with Crippen molar-refractivity contribution in [3.05, 3.63) is 72.6 Å². The third kappa shape index (κ3) is 4.92. The maximum atomic E-state index is 12.7. The molecule has 0 saturated heterocycles. The van der Waals surface area contributed by atoms with Crippen molar-refractivity contribution in [2.75, 3.05) is 6.61 Å². The number of phenols is 1. The van der Waals surface area contributed by atoms with Gasteiger partial charge < -0.3 is 9.84 Å². The normalized spacial score (nSPS) is 11.3. The Labute approximate surface area is 178 Å². The number of aromatic hydroxyl groups is 1. The Morgan fingerprint density at radius 2 is 1.96 bits per heavy atom. The lowest BCUT2D eigenvalue weighted by Gasteiger charge is -2.12. The third-order valence-corrected chi connectivity index (χ3v) is 4.94. The van der Waals surface area contributed by atoms with Gasteiger partial charge in [-0.25, -0.2) is 0 Å². The second-order valence-corrected chi connectivity index (χ2v) is 7.96. The molecule has 0 radical (unpaired) electrons. The summed E-state index contributed by atoms with van der Waals surface area (Å²) in [6, 6.07) is 6.43. The largest absolute Gasteiger partial charge is 0.506 e. The molecule has 1 N–H and O–H groups in total. The highest BCUT2D eigenvalue weighted by Crippen LogP contribution is 2.36. The number of Topliss-reactive ketones (excluding diaryl/α,β-unsaturated/α-hetero) is 1. The molecule has 0 aliphatic heterocycles. The summed E-state index contributed by atoms with van der Waals surface area (Å²) in [4.78, 5) is 12.7. The van der Waals surface area contributed by atoms with Gasteiger partial charge in [0.1, 0.15) is 18.1 Å². The van der Waals surface area contributed by atoms with Gasteiger partial charge in [-0.3, -0.25) is 4.79 Å². The lowest BCUT2D eigenvalue weighted by atomic mass is 10.0. The molecule has 0 bridgehead atoms. The number of carbonyl (C=O) groups is 1. The maximum Gasteiger partial charge on any atom is 0.192 e. The van der Waals surface area contributed by atoms with Crippen molar-refractivity contribution in [1.29, 1.82) is 0 Å². The smallest absolute Gasteiger partial charge is 0.192 e. The average Bonchev–Trinajstić information content (AvgIpc) is 2.56. The van der Waals surface area contributed by atoms with Crippen molar-refractivity contribution in [2.24, 2.45) is 0 Å². The fourth-order valence-electron chi connectivity index (χ4n) is 2.23. The van der Waals surface area contributed by atoms with E-state index >= 15 is 0 Å². The summed E-state index contributed by atoms with van der Waals surface area (Å²) in [6.45, 7) is 5.60. The van der Waals surface area contributed by atoms with Crippen LogP contribution in [0.25, 0.3) is 6.08 Å². The van der Waals surface area contributed by atoms with Gasteiger partial charge in [0.25, 0.3) is 0 Å². The average molecular weight is 521 g/mol. The van der Waals surface area contributed by atoms with Crippen molar-refractivity contribution in [3.63, 3.8) is 0 Å². The molecular weight excluding hydrogens is 507 g/mol. The highest BCUT2D eigenvalue weighted by Gasteiger charge is 2.18. The highest BCUT2D eigenvalue weighted by molar-refractivity contribution is 9.11. The second kappa shape index (κ2) is 9.09. The molecule has 3 nitrogen and oxygen atoms in total. The lowest BCUT2D eigenvalue weighted by Crippen LogP contribution is -2.02. The van der Waals surface area contributed by atoms with Gasteiger partial charge in [0.2, 0.25) is 0 Å². The van der Waals surface area contributed by atoms with Gasteiger partial charge in [0.05, 0.1) is 15.1 Å². The molecule has 0 atom stereocenters. The van der Waals surface area contributed by atoms with Gasteiger partial charge in [0, 0.05) is 15.1 Å². The van der Waals surface area contributed by atoms with Crippen LogP contribution in [0, 0.1) is 0 Å². The second-order valence-electron chi connectivity index (χ2n) is 5.35. The standard InChI is InChI=1S/C19H14Br2Cl2O3/c1-3-4-26-19-11(6-12(20)7-15(19)21)5-10(2)17(24)14-8-13(22)9-16(23)18(14)25/h3,5-9,25H,1,4H2,2H3/b10-5+. The Balaban J connectivity index is 2.50. The summed E-state index contributed by atoms with van der Waals surface area (Å²) in [5, 5.41) is 10.4. The van der Waals surface area contributed by atoms with E-state index in [-0.39, 0.29) is 21.4 Å². The van der Waals surface area contributed by atoms with Crippen LogP contribution in [0.4, 0.5) is 0 Å². The summed E-state index contributed by atoms with van der Waals surface area (Å²) in [5.74, 6) is -0.112. The number of halogens is 4. The number of ketones is 1. The van der Waals surface area contributed by atoms with Crippen LogP contribution in [-0.4, -0.2) is 17.5 Å². The van der Waals surface area contributed by atoms with Crippen molar-refractivity contribution in [3.8, 4) is 11.5 Å². The molecule has 0 unspecified atom stereocenters. The molecule has 7 heteroatoms. The summed E-state index contributed by atoms with van der Waals surface area (Å²) < 4.78 is 7.23. The van der Waals surface area contributed by atoms with E-state index in [2.05, 4.69) is 38.4 Å². The first-order valence-corrected chi connectivity index (χ1v) is 9.72. The van der Waals surface area contributed by atoms with E-state index in [0.29, 0.717) is 23.5 Å². The summed E-state index contributed by atoms with van der Waals surface area (Å²) >= 11 is 18.7. The van der Waals surface area contributed by atoms with Crippen LogP contribution in [0.1, 0.15) is 22.8 Å². The summed E-state index contributed by atoms with van der Waals surface area (Å²) in [6.07, 6.45) is 3.30. The SMILES string of the molecule is C=CCOc1c(Br)cc(Br)cc1/C=C(\C)C(=O)c1cc(Cl)cc(Cl)c1O. The molecule has 0 aromatic heterocycles. The minimum atomic E-state index is -0.391. The maximum absolute atomic E-state index is 12.7. The van der Waals surface area contributed by atoms with Crippen LogP contribution >= 0.6 is 55.1 Å². The van der Waals surface area contributed by atoms with Gasteiger partial charge in [-0.1, -0.05) is 51.8 Å². The lowest BCUT2D eigenvalue weighted by molar-refractivity contribution is 0.103. The van der Waals surface area contributed by atoms with Crippen LogP contribution < -0.4 is 4.74 Å². The van der Waals surface area contributed by atoms with Crippen molar-refractivity contribution in [2.45, 2.75) is 6.92 Å². The van der Waals surface area contributed by atoms with E-state index in [1.165, 1.54) is 12.1 Å². The molecule has 0 spiro atoms. The predicted octanol–water partition coefficient (Wildman–Crippen LogP) is 7.08. The molecule has 0 amide bonds. The number of benzene rings is 2. The highest BCUT2D eigenvalue weighted by atomic mass is 79.9. The Morgan fingerprint density at radius 1 is 1.27 bits per heavy atom. The molecule has 0 saturated carbocycles. The van der Waals surface area contributed by atoms with E-state index in [1.54, 1.807) is 19.1 Å². The molecule has 26 heavy (non-hydrogen) atoms. The molecule has 0 fully saturated rings. The summed E-state index contributed by atoms with van der Waals surface area (Å²) in [7, 11) is 0. The number of phenolic OH excluding ortho intramolecular Hbond substituents is 1. The Bertz CT molecular complexity index is 908. The molecule has 0 aliphatic carbocycles. The van der Waals surface area contributed by atoms with E-state index in [9.17, 15) is 9.90 Å². The Morgan fingerprint density at radius 3 is 2.62 bits per heavy atom. The third-order valence-electron chi connectivity index (χ3n) is 3.39. The first-order chi connectivity index (χ1) is 12.2. The van der Waals surface area contributed by atoms with Gasteiger partial charge in [-0.2, -0.15) is 0 Å². The van der Waals surface area contributed by atoms with E-state index in [4.69, 9.17) is 27.9 Å². The fraction of sp³-hybridized carbons (Fsp3) is 0.105.